The van der Waals surface area contributed by atoms with Gasteiger partial charge >= 0.3 is 0 Å². The minimum absolute atomic E-state index is 0.745. The molecule has 0 unspecified atom stereocenters. The molecular weight excluding hydrogens is 310 g/mol. The molecule has 2 aromatic carbocycles. The molecule has 0 amide bonds. The Hall–Kier alpha value is -2.00. The summed E-state index contributed by atoms with van der Waals surface area (Å²) in [5, 5.41) is 0. The average Bonchev–Trinajstić information content (AvgIpc) is 2.67. The van der Waals surface area contributed by atoms with Crippen molar-refractivity contribution in [3.63, 3.8) is 0 Å². The number of hydrogen-bond acceptors (Lipinski definition) is 3. The van der Waals surface area contributed by atoms with Gasteiger partial charge in [-0.3, -0.25) is 0 Å². The third-order valence-electron chi connectivity index (χ3n) is 4.65. The normalized spacial score (nSPS) is 15.0. The van der Waals surface area contributed by atoms with E-state index in [9.17, 15) is 0 Å². The predicted octanol–water partition coefficient (Wildman–Crippen LogP) is 5.51. The van der Waals surface area contributed by atoms with Gasteiger partial charge in [0, 0.05) is 0 Å². The summed E-state index contributed by atoms with van der Waals surface area (Å²) in [7, 11) is 0. The number of rotatable bonds is 9. The maximum Gasteiger partial charge on any atom is 0.169 e. The predicted molar refractivity (Wildman–Crippen MR) is 103 cm³/mol. The lowest BCUT2D eigenvalue weighted by molar-refractivity contribution is 0.220. The molecule has 1 aliphatic rings. The van der Waals surface area contributed by atoms with Crippen LogP contribution in [0.2, 0.25) is 0 Å². The van der Waals surface area contributed by atoms with Gasteiger partial charge in [-0.1, -0.05) is 36.8 Å². The summed E-state index contributed by atoms with van der Waals surface area (Å²) in [6, 6.07) is 17.7. The zero-order valence-electron chi connectivity index (χ0n) is 15.0. The van der Waals surface area contributed by atoms with Gasteiger partial charge in [0.1, 0.15) is 5.75 Å². The number of para-hydroxylation sites is 3. The molecular formula is C22H29NO2. The monoisotopic (exact) mass is 339 g/mol. The molecule has 0 spiro atoms. The van der Waals surface area contributed by atoms with Gasteiger partial charge in [-0.15, -0.1) is 0 Å². The molecule has 0 aliphatic carbocycles. The molecule has 3 nitrogen and oxygen atoms in total. The van der Waals surface area contributed by atoms with Gasteiger partial charge in [0.2, 0.25) is 0 Å². The molecule has 0 bridgehead atoms. The Morgan fingerprint density at radius 1 is 0.720 bits per heavy atom. The highest BCUT2D eigenvalue weighted by molar-refractivity contribution is 5.42. The fourth-order valence-electron chi connectivity index (χ4n) is 3.25. The summed E-state index contributed by atoms with van der Waals surface area (Å²) >= 11 is 0. The fourth-order valence-corrected chi connectivity index (χ4v) is 3.25. The zero-order valence-corrected chi connectivity index (χ0v) is 15.0. The maximum absolute atomic E-state index is 5.96. The minimum Gasteiger partial charge on any atom is -0.490 e. The van der Waals surface area contributed by atoms with Crippen molar-refractivity contribution in [3.8, 4) is 17.2 Å². The second kappa shape index (κ2) is 10.1. The first kappa shape index (κ1) is 17.8. The van der Waals surface area contributed by atoms with Crippen molar-refractivity contribution in [2.24, 2.45) is 0 Å². The van der Waals surface area contributed by atoms with Crippen molar-refractivity contribution in [2.75, 3.05) is 26.2 Å². The summed E-state index contributed by atoms with van der Waals surface area (Å²) in [6.45, 7) is 4.57. The van der Waals surface area contributed by atoms with Crippen LogP contribution in [0.15, 0.2) is 54.6 Å². The molecule has 0 atom stereocenters. The highest BCUT2D eigenvalue weighted by Crippen LogP contribution is 2.31. The number of ether oxygens (including phenoxy) is 2. The molecule has 2 aromatic rings. The lowest BCUT2D eigenvalue weighted by atomic mass is 10.1. The Labute approximate surface area is 151 Å². The van der Waals surface area contributed by atoms with E-state index in [4.69, 9.17) is 9.47 Å². The largest absolute Gasteiger partial charge is 0.490 e. The molecule has 3 rings (SSSR count). The Kier molecular flexibility index (Phi) is 7.19. The van der Waals surface area contributed by atoms with Crippen molar-refractivity contribution in [3.05, 3.63) is 54.6 Å². The molecule has 0 N–H and O–H groups in total. The van der Waals surface area contributed by atoms with Gasteiger partial charge in [0.25, 0.3) is 0 Å². The van der Waals surface area contributed by atoms with Gasteiger partial charge in [-0.05, 0) is 76.0 Å². The zero-order chi connectivity index (χ0) is 17.2. The number of nitrogens with zero attached hydrogens (tertiary/aromatic N) is 1. The quantitative estimate of drug-likeness (QED) is 0.562. The lowest BCUT2D eigenvalue weighted by Gasteiger charge is -2.26. The van der Waals surface area contributed by atoms with E-state index in [0.29, 0.717) is 0 Å². The highest BCUT2D eigenvalue weighted by Gasteiger charge is 2.09. The molecule has 3 heteroatoms. The van der Waals surface area contributed by atoms with E-state index in [1.165, 1.54) is 51.7 Å². The van der Waals surface area contributed by atoms with Crippen LogP contribution in [-0.2, 0) is 0 Å². The number of piperidine rings is 1. The Bertz CT molecular complexity index is 608. The van der Waals surface area contributed by atoms with Crippen LogP contribution in [0.25, 0.3) is 0 Å². The second-order valence-electron chi connectivity index (χ2n) is 6.67. The molecule has 0 radical (unpaired) electrons. The summed E-state index contributed by atoms with van der Waals surface area (Å²) in [4.78, 5) is 2.60. The molecule has 25 heavy (non-hydrogen) atoms. The van der Waals surface area contributed by atoms with E-state index in [1.54, 1.807) is 0 Å². The van der Waals surface area contributed by atoms with Crippen LogP contribution >= 0.6 is 0 Å². The van der Waals surface area contributed by atoms with E-state index in [2.05, 4.69) is 4.90 Å². The molecule has 0 saturated carbocycles. The van der Waals surface area contributed by atoms with Crippen LogP contribution < -0.4 is 9.47 Å². The summed E-state index contributed by atoms with van der Waals surface area (Å²) in [6.07, 6.45) is 7.74. The topological polar surface area (TPSA) is 21.7 Å². The van der Waals surface area contributed by atoms with Crippen molar-refractivity contribution in [2.45, 2.75) is 38.5 Å². The van der Waals surface area contributed by atoms with Crippen molar-refractivity contribution < 1.29 is 9.47 Å². The Morgan fingerprint density at radius 3 is 2.24 bits per heavy atom. The van der Waals surface area contributed by atoms with E-state index in [-0.39, 0.29) is 0 Å². The molecule has 1 heterocycles. The van der Waals surface area contributed by atoms with Crippen molar-refractivity contribution in [1.82, 2.24) is 4.90 Å². The highest BCUT2D eigenvalue weighted by atomic mass is 16.5. The number of hydrogen-bond donors (Lipinski definition) is 0. The Morgan fingerprint density at radius 2 is 1.44 bits per heavy atom. The van der Waals surface area contributed by atoms with Gasteiger partial charge in [0.15, 0.2) is 11.5 Å². The molecule has 1 saturated heterocycles. The number of likely N-dealkylation sites (tertiary alicyclic amines) is 1. The third-order valence-corrected chi connectivity index (χ3v) is 4.65. The maximum atomic E-state index is 5.96. The van der Waals surface area contributed by atoms with Crippen LogP contribution in [-0.4, -0.2) is 31.1 Å². The average molecular weight is 339 g/mol. The summed E-state index contributed by atoms with van der Waals surface area (Å²) in [5.41, 5.74) is 0. The van der Waals surface area contributed by atoms with Gasteiger partial charge in [-0.25, -0.2) is 0 Å². The van der Waals surface area contributed by atoms with E-state index in [0.717, 1.165) is 30.3 Å². The van der Waals surface area contributed by atoms with Gasteiger partial charge in [-0.2, -0.15) is 0 Å². The van der Waals surface area contributed by atoms with Crippen LogP contribution in [0.3, 0.4) is 0 Å². The van der Waals surface area contributed by atoms with Crippen LogP contribution in [0.4, 0.5) is 0 Å². The van der Waals surface area contributed by atoms with Gasteiger partial charge in [0.05, 0.1) is 6.61 Å². The fraction of sp³-hybridized carbons (Fsp3) is 0.455. The van der Waals surface area contributed by atoms with Crippen LogP contribution in [0, 0.1) is 0 Å². The molecule has 134 valence electrons. The lowest BCUT2D eigenvalue weighted by Crippen LogP contribution is -2.30. The molecule has 1 aliphatic heterocycles. The first-order valence-electron chi connectivity index (χ1n) is 9.59. The molecule has 0 aromatic heterocycles. The SMILES string of the molecule is c1ccc(Oc2ccccc2OCCCCCN2CCCCC2)cc1. The molecule has 1 fully saturated rings. The summed E-state index contributed by atoms with van der Waals surface area (Å²) < 4.78 is 11.9. The second-order valence-corrected chi connectivity index (χ2v) is 6.67. The first-order valence-corrected chi connectivity index (χ1v) is 9.59. The third kappa shape index (κ3) is 6.09. The summed E-state index contributed by atoms with van der Waals surface area (Å²) in [5.74, 6) is 2.43. The standard InChI is InChI=1S/C22H29NO2/c1-4-12-20(13-5-1)25-22-15-7-6-14-21(22)24-19-11-3-10-18-23-16-8-2-9-17-23/h1,4-7,12-15H,2-3,8-11,16-19H2. The minimum atomic E-state index is 0.745. The first-order chi connectivity index (χ1) is 12.4. The van der Waals surface area contributed by atoms with Crippen LogP contribution in [0.1, 0.15) is 38.5 Å². The van der Waals surface area contributed by atoms with E-state index < -0.39 is 0 Å². The number of unbranched alkanes of at least 4 members (excludes halogenated alkanes) is 2. The van der Waals surface area contributed by atoms with Crippen molar-refractivity contribution in [1.29, 1.82) is 0 Å². The van der Waals surface area contributed by atoms with Crippen molar-refractivity contribution >= 4 is 0 Å². The Balaban J connectivity index is 1.38. The van der Waals surface area contributed by atoms with Gasteiger partial charge < -0.3 is 14.4 Å². The van der Waals surface area contributed by atoms with Crippen LogP contribution in [0.5, 0.6) is 17.2 Å². The van der Waals surface area contributed by atoms with E-state index >= 15 is 0 Å². The van der Waals surface area contributed by atoms with E-state index in [1.807, 2.05) is 54.6 Å². The smallest absolute Gasteiger partial charge is 0.169 e. The number of benzene rings is 2.